The third-order valence-electron chi connectivity index (χ3n) is 3.93. The van der Waals surface area contributed by atoms with Crippen LogP contribution in [0.1, 0.15) is 31.6 Å². The molecule has 1 N–H and O–H groups in total. The van der Waals surface area contributed by atoms with Gasteiger partial charge in [-0.15, -0.1) is 22.7 Å². The van der Waals surface area contributed by atoms with Gasteiger partial charge in [-0.2, -0.15) is 11.8 Å². The summed E-state index contributed by atoms with van der Waals surface area (Å²) < 4.78 is 0.397. The van der Waals surface area contributed by atoms with Crippen molar-refractivity contribution >= 4 is 34.4 Å². The van der Waals surface area contributed by atoms with Gasteiger partial charge in [0.25, 0.3) is 0 Å². The van der Waals surface area contributed by atoms with Crippen molar-refractivity contribution in [2.45, 2.75) is 38.0 Å². The van der Waals surface area contributed by atoms with Crippen molar-refractivity contribution in [3.63, 3.8) is 0 Å². The first-order valence-electron chi connectivity index (χ1n) is 7.10. The lowest BCUT2D eigenvalue weighted by molar-refractivity contribution is 0.496. The largest absolute Gasteiger partial charge is 0.310 e. The molecule has 2 aromatic rings. The summed E-state index contributed by atoms with van der Waals surface area (Å²) in [5.41, 5.74) is 1.36. The number of hydrogen-bond donors (Lipinski definition) is 1. The maximum absolute atomic E-state index is 3.65. The third-order valence-corrected chi connectivity index (χ3v) is 7.37. The molecule has 2 aromatic heterocycles. The Hall–Kier alpha value is -0.290. The number of hydrogen-bond acceptors (Lipinski definition) is 4. The SMILES string of the molecule is CCC(CC)(CNCc1cc(-c2cccs2)cs1)SC. The van der Waals surface area contributed by atoms with Crippen molar-refractivity contribution in [2.75, 3.05) is 12.8 Å². The molecule has 0 unspecified atom stereocenters. The van der Waals surface area contributed by atoms with Gasteiger partial charge in [-0.05, 0) is 42.0 Å². The first kappa shape index (κ1) is 16.1. The second-order valence-corrected chi connectivity index (χ2v) is 8.19. The quantitative estimate of drug-likeness (QED) is 0.689. The summed E-state index contributed by atoms with van der Waals surface area (Å²) in [7, 11) is 0. The summed E-state index contributed by atoms with van der Waals surface area (Å²) in [5, 5.41) is 8.05. The van der Waals surface area contributed by atoms with Crippen LogP contribution < -0.4 is 5.32 Å². The van der Waals surface area contributed by atoms with Crippen LogP contribution in [0, 0.1) is 0 Å². The van der Waals surface area contributed by atoms with Gasteiger partial charge in [0.2, 0.25) is 0 Å². The van der Waals surface area contributed by atoms with Gasteiger partial charge in [0.1, 0.15) is 0 Å². The van der Waals surface area contributed by atoms with Gasteiger partial charge in [-0.3, -0.25) is 0 Å². The second-order valence-electron chi connectivity index (χ2n) is 4.98. The molecule has 2 heterocycles. The molecule has 0 aliphatic heterocycles. The Bertz CT molecular complexity index is 489. The molecule has 0 aliphatic rings. The molecule has 0 aromatic carbocycles. The van der Waals surface area contributed by atoms with Crippen LogP contribution in [0.5, 0.6) is 0 Å². The molecule has 0 spiro atoms. The average Bonchev–Trinajstić information content (AvgIpc) is 3.15. The summed E-state index contributed by atoms with van der Waals surface area (Å²) in [4.78, 5) is 2.80. The van der Waals surface area contributed by atoms with E-state index in [1.165, 1.54) is 28.2 Å². The van der Waals surface area contributed by atoms with Crippen molar-refractivity contribution in [1.29, 1.82) is 0 Å². The third kappa shape index (κ3) is 3.88. The summed E-state index contributed by atoms with van der Waals surface area (Å²) in [6.07, 6.45) is 4.68. The van der Waals surface area contributed by atoms with Crippen LogP contribution in [0.25, 0.3) is 10.4 Å². The lowest BCUT2D eigenvalue weighted by Crippen LogP contribution is -2.36. The molecule has 20 heavy (non-hydrogen) atoms. The summed E-state index contributed by atoms with van der Waals surface area (Å²) in [6, 6.07) is 6.63. The summed E-state index contributed by atoms with van der Waals surface area (Å²) >= 11 is 5.67. The van der Waals surface area contributed by atoms with Crippen LogP contribution in [0.2, 0.25) is 0 Å². The van der Waals surface area contributed by atoms with Crippen LogP contribution in [0.15, 0.2) is 29.0 Å². The van der Waals surface area contributed by atoms with Crippen LogP contribution in [0.4, 0.5) is 0 Å². The highest BCUT2D eigenvalue weighted by molar-refractivity contribution is 8.00. The van der Waals surface area contributed by atoms with E-state index < -0.39 is 0 Å². The fraction of sp³-hybridized carbons (Fsp3) is 0.500. The van der Waals surface area contributed by atoms with Gasteiger partial charge < -0.3 is 5.32 Å². The van der Waals surface area contributed by atoms with E-state index in [4.69, 9.17) is 0 Å². The van der Waals surface area contributed by atoms with Gasteiger partial charge in [0, 0.05) is 33.2 Å². The van der Waals surface area contributed by atoms with Crippen molar-refractivity contribution in [1.82, 2.24) is 5.32 Å². The Morgan fingerprint density at radius 2 is 2.05 bits per heavy atom. The maximum Gasteiger partial charge on any atom is 0.0351 e. The van der Waals surface area contributed by atoms with Crippen molar-refractivity contribution in [3.8, 4) is 10.4 Å². The molecule has 110 valence electrons. The highest BCUT2D eigenvalue weighted by Gasteiger charge is 2.24. The van der Waals surface area contributed by atoms with E-state index in [0.29, 0.717) is 4.75 Å². The lowest BCUT2D eigenvalue weighted by atomic mass is 10.0. The Morgan fingerprint density at radius 3 is 2.65 bits per heavy atom. The molecule has 0 radical (unpaired) electrons. The van der Waals surface area contributed by atoms with E-state index in [0.717, 1.165) is 13.1 Å². The topological polar surface area (TPSA) is 12.0 Å². The average molecular weight is 326 g/mol. The molecule has 0 amide bonds. The summed E-state index contributed by atoms with van der Waals surface area (Å²) in [5.74, 6) is 0. The van der Waals surface area contributed by atoms with Crippen molar-refractivity contribution in [3.05, 3.63) is 33.8 Å². The Labute approximate surface area is 134 Å². The molecule has 0 saturated carbocycles. The van der Waals surface area contributed by atoms with Crippen LogP contribution in [-0.2, 0) is 6.54 Å². The zero-order valence-electron chi connectivity index (χ0n) is 12.4. The van der Waals surface area contributed by atoms with E-state index in [1.54, 1.807) is 0 Å². The highest BCUT2D eigenvalue weighted by atomic mass is 32.2. The van der Waals surface area contributed by atoms with Gasteiger partial charge in [-0.1, -0.05) is 19.9 Å². The van der Waals surface area contributed by atoms with E-state index in [1.807, 2.05) is 34.4 Å². The van der Waals surface area contributed by atoms with Crippen LogP contribution in [-0.4, -0.2) is 17.5 Å². The lowest BCUT2D eigenvalue weighted by Gasteiger charge is -2.29. The molecule has 4 heteroatoms. The van der Waals surface area contributed by atoms with Crippen LogP contribution in [0.3, 0.4) is 0 Å². The fourth-order valence-corrected chi connectivity index (χ4v) is 4.79. The molecule has 1 nitrogen and oxygen atoms in total. The van der Waals surface area contributed by atoms with Gasteiger partial charge in [0.05, 0.1) is 0 Å². The second kappa shape index (κ2) is 7.64. The zero-order valence-corrected chi connectivity index (χ0v) is 14.9. The molecular weight excluding hydrogens is 302 g/mol. The predicted molar refractivity (Wildman–Crippen MR) is 96.2 cm³/mol. The number of rotatable bonds is 8. The molecule has 0 atom stereocenters. The zero-order chi connectivity index (χ0) is 14.4. The van der Waals surface area contributed by atoms with E-state index in [2.05, 4.69) is 54.4 Å². The first-order chi connectivity index (χ1) is 9.73. The van der Waals surface area contributed by atoms with Crippen molar-refractivity contribution in [2.24, 2.45) is 0 Å². The van der Waals surface area contributed by atoms with Crippen molar-refractivity contribution < 1.29 is 0 Å². The van der Waals surface area contributed by atoms with E-state index >= 15 is 0 Å². The standard InChI is InChI=1S/C16H23NS3/c1-4-16(5-2,18-3)12-17-10-14-9-13(11-20-14)15-7-6-8-19-15/h6-9,11,17H,4-5,10,12H2,1-3H3. The Kier molecular flexibility index (Phi) is 6.15. The van der Waals surface area contributed by atoms with Crippen LogP contribution >= 0.6 is 34.4 Å². The number of thiophene rings is 2. The Morgan fingerprint density at radius 1 is 1.25 bits per heavy atom. The van der Waals surface area contributed by atoms with E-state index in [-0.39, 0.29) is 0 Å². The minimum absolute atomic E-state index is 0.397. The molecule has 0 aliphatic carbocycles. The van der Waals surface area contributed by atoms with E-state index in [9.17, 15) is 0 Å². The van der Waals surface area contributed by atoms with Gasteiger partial charge in [-0.25, -0.2) is 0 Å². The maximum atomic E-state index is 3.65. The highest BCUT2D eigenvalue weighted by Crippen LogP contribution is 2.31. The molecule has 0 saturated heterocycles. The fourth-order valence-electron chi connectivity index (χ4n) is 2.32. The molecule has 2 rings (SSSR count). The molecule has 0 bridgehead atoms. The first-order valence-corrected chi connectivity index (χ1v) is 10.1. The smallest absolute Gasteiger partial charge is 0.0351 e. The molecule has 0 fully saturated rings. The van der Waals surface area contributed by atoms with Gasteiger partial charge >= 0.3 is 0 Å². The summed E-state index contributed by atoms with van der Waals surface area (Å²) in [6.45, 7) is 6.66. The molecular formula is C16H23NS3. The number of thioether (sulfide) groups is 1. The number of nitrogens with one attached hydrogen (secondary N) is 1. The monoisotopic (exact) mass is 325 g/mol. The minimum Gasteiger partial charge on any atom is -0.310 e. The predicted octanol–water partition coefficient (Wildman–Crippen LogP) is 5.49. The van der Waals surface area contributed by atoms with Gasteiger partial charge in [0.15, 0.2) is 0 Å². The Balaban J connectivity index is 1.89. The normalized spacial score (nSPS) is 11.9. The minimum atomic E-state index is 0.397.